The maximum atomic E-state index is 12.1. The lowest BCUT2D eigenvalue weighted by Crippen LogP contribution is -2.26. The first-order valence-corrected chi connectivity index (χ1v) is 6.94. The predicted molar refractivity (Wildman–Crippen MR) is 79.4 cm³/mol. The summed E-state index contributed by atoms with van der Waals surface area (Å²) >= 11 is 0. The lowest BCUT2D eigenvalue weighted by molar-refractivity contribution is -0.130. The molecule has 2 aromatic rings. The molecule has 0 aliphatic carbocycles. The molecular weight excluding hydrogens is 284 g/mol. The number of aryl methyl sites for hydroxylation is 2. The van der Waals surface area contributed by atoms with Crippen molar-refractivity contribution in [2.45, 2.75) is 26.3 Å². The summed E-state index contributed by atoms with van der Waals surface area (Å²) in [7, 11) is 1.72. The first-order valence-electron chi connectivity index (χ1n) is 6.94. The molecule has 1 aromatic carbocycles. The first kappa shape index (κ1) is 15.8. The third-order valence-electron chi connectivity index (χ3n) is 3.33. The third kappa shape index (κ3) is 4.18. The first-order chi connectivity index (χ1) is 10.5. The Morgan fingerprint density at radius 3 is 2.50 bits per heavy atom. The number of carbonyl (C=O) groups excluding carboxylic acids is 1. The maximum Gasteiger partial charge on any atom is 0.335 e. The summed E-state index contributed by atoms with van der Waals surface area (Å²) in [6.07, 6.45) is 0.931. The zero-order chi connectivity index (χ0) is 16.1. The smallest absolute Gasteiger partial charge is 0.335 e. The van der Waals surface area contributed by atoms with Gasteiger partial charge in [0.25, 0.3) is 0 Å². The van der Waals surface area contributed by atoms with E-state index in [9.17, 15) is 9.59 Å². The Hall–Kier alpha value is -2.63. The van der Waals surface area contributed by atoms with Crippen LogP contribution in [0.2, 0.25) is 0 Å². The summed E-state index contributed by atoms with van der Waals surface area (Å²) in [5, 5.41) is 12.7. The fraction of sp³-hybridized carbons (Fsp3) is 0.312. The van der Waals surface area contributed by atoms with Crippen molar-refractivity contribution in [1.82, 2.24) is 10.1 Å². The number of aromatic carboxylic acids is 1. The molecule has 0 saturated heterocycles. The Balaban J connectivity index is 1.85. The fourth-order valence-electron chi connectivity index (χ4n) is 2.08. The molecule has 2 rings (SSSR count). The highest BCUT2D eigenvalue weighted by Crippen LogP contribution is 2.10. The van der Waals surface area contributed by atoms with Crippen molar-refractivity contribution in [1.29, 1.82) is 0 Å². The van der Waals surface area contributed by atoms with Crippen molar-refractivity contribution in [2.75, 3.05) is 7.05 Å². The molecule has 6 nitrogen and oxygen atoms in total. The largest absolute Gasteiger partial charge is 0.478 e. The number of rotatable bonds is 6. The van der Waals surface area contributed by atoms with Gasteiger partial charge in [-0.3, -0.25) is 4.79 Å². The minimum absolute atomic E-state index is 0.00274. The number of amides is 1. The fourth-order valence-corrected chi connectivity index (χ4v) is 2.08. The summed E-state index contributed by atoms with van der Waals surface area (Å²) in [5.41, 5.74) is 1.90. The molecule has 0 bridgehead atoms. The molecule has 0 atom stereocenters. The number of hydrogen-bond acceptors (Lipinski definition) is 4. The average Bonchev–Trinajstić information content (AvgIpc) is 2.90. The molecule has 1 N–H and O–H groups in total. The van der Waals surface area contributed by atoms with Crippen LogP contribution in [-0.2, 0) is 17.8 Å². The highest BCUT2D eigenvalue weighted by atomic mass is 16.5. The van der Waals surface area contributed by atoms with Crippen LogP contribution >= 0.6 is 0 Å². The molecule has 0 radical (unpaired) electrons. The van der Waals surface area contributed by atoms with Crippen molar-refractivity contribution in [3.05, 3.63) is 52.9 Å². The standard InChI is InChI=1S/C16H18N2O4/c1-11-9-14(17-22-11)10-18(2)15(19)8-5-12-3-6-13(7-4-12)16(20)21/h3-4,6-7,9H,5,8,10H2,1-2H3,(H,20,21). The van der Waals surface area contributed by atoms with Gasteiger partial charge < -0.3 is 14.5 Å². The molecule has 1 amide bonds. The van der Waals surface area contributed by atoms with E-state index in [4.69, 9.17) is 9.63 Å². The van der Waals surface area contributed by atoms with E-state index in [2.05, 4.69) is 5.16 Å². The van der Waals surface area contributed by atoms with Crippen LogP contribution in [0.4, 0.5) is 0 Å². The van der Waals surface area contributed by atoms with Crippen LogP contribution < -0.4 is 0 Å². The topological polar surface area (TPSA) is 83.6 Å². The van der Waals surface area contributed by atoms with Gasteiger partial charge in [0.1, 0.15) is 11.5 Å². The number of aromatic nitrogens is 1. The van der Waals surface area contributed by atoms with Crippen LogP contribution in [0.25, 0.3) is 0 Å². The summed E-state index contributed by atoms with van der Waals surface area (Å²) in [4.78, 5) is 24.4. The number of nitrogens with zero attached hydrogens (tertiary/aromatic N) is 2. The highest BCUT2D eigenvalue weighted by molar-refractivity contribution is 5.87. The molecule has 0 spiro atoms. The van der Waals surface area contributed by atoms with E-state index in [0.29, 0.717) is 19.4 Å². The van der Waals surface area contributed by atoms with Gasteiger partial charge in [-0.05, 0) is 31.0 Å². The lowest BCUT2D eigenvalue weighted by atomic mass is 10.1. The maximum absolute atomic E-state index is 12.1. The highest BCUT2D eigenvalue weighted by Gasteiger charge is 2.12. The molecule has 0 fully saturated rings. The number of carboxylic acid groups (broad SMARTS) is 1. The zero-order valence-corrected chi connectivity index (χ0v) is 12.6. The van der Waals surface area contributed by atoms with Gasteiger partial charge in [-0.15, -0.1) is 0 Å². The van der Waals surface area contributed by atoms with E-state index < -0.39 is 5.97 Å². The van der Waals surface area contributed by atoms with Gasteiger partial charge in [-0.2, -0.15) is 0 Å². The van der Waals surface area contributed by atoms with Gasteiger partial charge in [0.05, 0.1) is 12.1 Å². The zero-order valence-electron chi connectivity index (χ0n) is 12.6. The van der Waals surface area contributed by atoms with Crippen molar-refractivity contribution < 1.29 is 19.2 Å². The Morgan fingerprint density at radius 2 is 1.95 bits per heavy atom. The van der Waals surface area contributed by atoms with Crippen molar-refractivity contribution in [3.8, 4) is 0 Å². The molecule has 0 unspecified atom stereocenters. The minimum atomic E-state index is -0.953. The normalized spacial score (nSPS) is 10.5. The van der Waals surface area contributed by atoms with Crippen LogP contribution in [0, 0.1) is 6.92 Å². The molecule has 6 heteroatoms. The van der Waals surface area contributed by atoms with E-state index in [1.54, 1.807) is 49.2 Å². The molecule has 0 aliphatic rings. The van der Waals surface area contributed by atoms with Gasteiger partial charge in [0.2, 0.25) is 5.91 Å². The van der Waals surface area contributed by atoms with Gasteiger partial charge in [-0.25, -0.2) is 4.79 Å². The van der Waals surface area contributed by atoms with Crippen LogP contribution in [0.15, 0.2) is 34.9 Å². The summed E-state index contributed by atoms with van der Waals surface area (Å²) in [5.74, 6) is -0.234. The van der Waals surface area contributed by atoms with Crippen LogP contribution in [-0.4, -0.2) is 34.1 Å². The van der Waals surface area contributed by atoms with E-state index in [-0.39, 0.29) is 11.5 Å². The third-order valence-corrected chi connectivity index (χ3v) is 3.33. The SMILES string of the molecule is Cc1cc(CN(C)C(=O)CCc2ccc(C(=O)O)cc2)no1. The van der Waals surface area contributed by atoms with Crippen molar-refractivity contribution in [3.63, 3.8) is 0 Å². The van der Waals surface area contributed by atoms with Crippen molar-refractivity contribution in [2.24, 2.45) is 0 Å². The molecular formula is C16H18N2O4. The number of benzene rings is 1. The van der Waals surface area contributed by atoms with Gasteiger partial charge in [0, 0.05) is 19.5 Å². The van der Waals surface area contributed by atoms with Crippen LogP contribution in [0.5, 0.6) is 0 Å². The Morgan fingerprint density at radius 1 is 1.27 bits per heavy atom. The van der Waals surface area contributed by atoms with Crippen LogP contribution in [0.1, 0.15) is 33.8 Å². The number of carbonyl (C=O) groups is 2. The molecule has 0 aliphatic heterocycles. The molecule has 1 aromatic heterocycles. The van der Waals surface area contributed by atoms with E-state index in [0.717, 1.165) is 17.0 Å². The predicted octanol–water partition coefficient (Wildman–Crippen LogP) is 2.27. The second-order valence-corrected chi connectivity index (χ2v) is 5.18. The molecule has 116 valence electrons. The van der Waals surface area contributed by atoms with Crippen molar-refractivity contribution >= 4 is 11.9 Å². The number of hydrogen-bond donors (Lipinski definition) is 1. The van der Waals surface area contributed by atoms with Gasteiger partial charge >= 0.3 is 5.97 Å². The summed E-state index contributed by atoms with van der Waals surface area (Å²) in [6.45, 7) is 2.22. The van der Waals surface area contributed by atoms with Gasteiger partial charge in [-0.1, -0.05) is 17.3 Å². The quantitative estimate of drug-likeness (QED) is 0.885. The lowest BCUT2D eigenvalue weighted by Gasteiger charge is -2.15. The van der Waals surface area contributed by atoms with Crippen LogP contribution in [0.3, 0.4) is 0 Å². The summed E-state index contributed by atoms with van der Waals surface area (Å²) in [6, 6.07) is 8.36. The monoisotopic (exact) mass is 302 g/mol. The number of carboxylic acids is 1. The average molecular weight is 302 g/mol. The van der Waals surface area contributed by atoms with E-state index in [1.165, 1.54) is 0 Å². The van der Waals surface area contributed by atoms with E-state index >= 15 is 0 Å². The second kappa shape index (κ2) is 6.89. The van der Waals surface area contributed by atoms with Gasteiger partial charge in [0.15, 0.2) is 0 Å². The molecule has 1 heterocycles. The molecule has 0 saturated carbocycles. The Bertz CT molecular complexity index is 661. The second-order valence-electron chi connectivity index (χ2n) is 5.18. The Labute approximate surface area is 128 Å². The summed E-state index contributed by atoms with van der Waals surface area (Å²) < 4.78 is 4.97. The Kier molecular flexibility index (Phi) is 4.93. The van der Waals surface area contributed by atoms with E-state index in [1.807, 2.05) is 0 Å². The molecule has 22 heavy (non-hydrogen) atoms. The minimum Gasteiger partial charge on any atom is -0.478 e.